The topological polar surface area (TPSA) is 72.5 Å². The fraction of sp³-hybridized carbons (Fsp3) is 0.906. The van der Waals surface area contributed by atoms with Gasteiger partial charge in [-0.15, -0.1) is 0 Å². The fourth-order valence-corrected chi connectivity index (χ4v) is 4.53. The highest BCUT2D eigenvalue weighted by Crippen LogP contribution is 2.13. The second kappa shape index (κ2) is 26.2. The van der Waals surface area contributed by atoms with Gasteiger partial charge in [0.05, 0.1) is 6.61 Å². The Balaban J connectivity index is 4.11. The molecule has 37 heavy (non-hydrogen) atoms. The molecule has 0 aliphatic heterocycles. The lowest BCUT2D eigenvalue weighted by Gasteiger charge is -2.18. The highest BCUT2D eigenvalue weighted by Gasteiger charge is 2.26. The molecular formula is C32H61NO4. The first-order valence-corrected chi connectivity index (χ1v) is 15.9. The van der Waals surface area contributed by atoms with Gasteiger partial charge >= 0.3 is 5.97 Å². The lowest BCUT2D eigenvalue weighted by atomic mass is 10.0. The van der Waals surface area contributed by atoms with Crippen LogP contribution in [0.1, 0.15) is 169 Å². The van der Waals surface area contributed by atoms with Gasteiger partial charge in [-0.3, -0.25) is 9.59 Å². The van der Waals surface area contributed by atoms with Crippen LogP contribution in [0.4, 0.5) is 0 Å². The summed E-state index contributed by atoms with van der Waals surface area (Å²) in [5.74, 6) is -0.824. The maximum absolute atomic E-state index is 12.6. The Morgan fingerprint density at radius 2 is 1.00 bits per heavy atom. The van der Waals surface area contributed by atoms with E-state index in [-0.39, 0.29) is 24.0 Å². The van der Waals surface area contributed by atoms with Crippen molar-refractivity contribution in [2.45, 2.75) is 175 Å². The molecule has 0 bridgehead atoms. The van der Waals surface area contributed by atoms with Crippen LogP contribution in [0.25, 0.3) is 0 Å². The molecule has 5 nitrogen and oxygen atoms in total. The third-order valence-corrected chi connectivity index (χ3v) is 7.17. The Morgan fingerprint density at radius 3 is 1.43 bits per heavy atom. The largest absolute Gasteiger partial charge is 0.464 e. The molecule has 1 N–H and O–H groups in total. The van der Waals surface area contributed by atoms with Crippen molar-refractivity contribution in [1.82, 2.24) is 5.32 Å². The maximum Gasteiger partial charge on any atom is 0.329 e. The van der Waals surface area contributed by atoms with Crippen molar-refractivity contribution in [3.8, 4) is 0 Å². The summed E-state index contributed by atoms with van der Waals surface area (Å²) in [5, 5.41) is 2.79. The molecular weight excluding hydrogens is 462 g/mol. The average molecular weight is 524 g/mol. The summed E-state index contributed by atoms with van der Waals surface area (Å²) in [6.45, 7) is 8.47. The minimum Gasteiger partial charge on any atom is -0.464 e. The molecule has 0 saturated carbocycles. The van der Waals surface area contributed by atoms with Gasteiger partial charge < -0.3 is 10.1 Å². The molecule has 0 radical (unpaired) electrons. The highest BCUT2D eigenvalue weighted by molar-refractivity contribution is 5.90. The van der Waals surface area contributed by atoms with E-state index >= 15 is 0 Å². The number of hydrogen-bond donors (Lipinski definition) is 1. The van der Waals surface area contributed by atoms with Crippen LogP contribution in [0.3, 0.4) is 0 Å². The SMILES string of the molecule is CCCCCCCCCCCCCC(=O)N[C@H](CC(=O)C(C)C)C(=O)OCCCCCCCCCCC. The number of amides is 1. The summed E-state index contributed by atoms with van der Waals surface area (Å²) in [7, 11) is 0. The molecule has 0 spiro atoms. The zero-order valence-corrected chi connectivity index (χ0v) is 25.1. The lowest BCUT2D eigenvalue weighted by molar-refractivity contribution is -0.149. The van der Waals surface area contributed by atoms with Gasteiger partial charge in [0.2, 0.25) is 5.91 Å². The molecule has 1 amide bonds. The van der Waals surface area contributed by atoms with E-state index in [4.69, 9.17) is 4.74 Å². The number of ether oxygens (including phenoxy) is 1. The van der Waals surface area contributed by atoms with Crippen LogP contribution in [0.5, 0.6) is 0 Å². The van der Waals surface area contributed by atoms with Gasteiger partial charge in [0.15, 0.2) is 0 Å². The normalized spacial score (nSPS) is 12.0. The first kappa shape index (κ1) is 35.6. The van der Waals surface area contributed by atoms with Gasteiger partial charge in [0.1, 0.15) is 11.8 Å². The number of rotatable bonds is 27. The molecule has 0 aromatic heterocycles. The summed E-state index contributed by atoms with van der Waals surface area (Å²) in [6, 6.07) is -0.867. The Morgan fingerprint density at radius 1 is 0.595 bits per heavy atom. The third-order valence-electron chi connectivity index (χ3n) is 7.17. The molecule has 0 rings (SSSR count). The molecule has 0 fully saturated rings. The van der Waals surface area contributed by atoms with E-state index < -0.39 is 12.0 Å². The number of ketones is 1. The molecule has 0 unspecified atom stereocenters. The van der Waals surface area contributed by atoms with Crippen molar-refractivity contribution in [2.75, 3.05) is 6.61 Å². The Hall–Kier alpha value is -1.39. The molecule has 0 aromatic rings. The van der Waals surface area contributed by atoms with Gasteiger partial charge in [-0.05, 0) is 12.8 Å². The summed E-state index contributed by atoms with van der Waals surface area (Å²) < 4.78 is 5.45. The van der Waals surface area contributed by atoms with Crippen LogP contribution in [-0.4, -0.2) is 30.3 Å². The van der Waals surface area contributed by atoms with Crippen molar-refractivity contribution < 1.29 is 19.1 Å². The van der Waals surface area contributed by atoms with Crippen LogP contribution in [0, 0.1) is 5.92 Å². The number of nitrogens with one attached hydrogen (secondary N) is 1. The van der Waals surface area contributed by atoms with E-state index in [1.165, 1.54) is 89.9 Å². The molecule has 218 valence electrons. The van der Waals surface area contributed by atoms with E-state index in [0.717, 1.165) is 38.5 Å². The predicted octanol–water partition coefficient (Wildman–Crippen LogP) is 8.86. The zero-order chi connectivity index (χ0) is 27.6. The van der Waals surface area contributed by atoms with Gasteiger partial charge in [0, 0.05) is 18.8 Å². The van der Waals surface area contributed by atoms with Crippen LogP contribution >= 0.6 is 0 Å². The second-order valence-corrected chi connectivity index (χ2v) is 11.2. The number of hydrogen-bond acceptors (Lipinski definition) is 4. The summed E-state index contributed by atoms with van der Waals surface area (Å²) in [6.07, 6.45) is 24.7. The van der Waals surface area contributed by atoms with Crippen molar-refractivity contribution in [2.24, 2.45) is 5.92 Å². The van der Waals surface area contributed by atoms with E-state index in [9.17, 15) is 14.4 Å². The number of Topliss-reactive ketones (excluding diaryl/α,β-unsaturated/α-hetero) is 1. The predicted molar refractivity (Wildman–Crippen MR) is 156 cm³/mol. The minimum absolute atomic E-state index is 0.0122. The van der Waals surface area contributed by atoms with Crippen molar-refractivity contribution in [3.05, 3.63) is 0 Å². The molecule has 1 atom stereocenters. The second-order valence-electron chi connectivity index (χ2n) is 11.2. The average Bonchev–Trinajstić information content (AvgIpc) is 2.87. The zero-order valence-electron chi connectivity index (χ0n) is 25.1. The standard InChI is InChI=1S/C32H61NO4/c1-5-7-9-11-13-15-16-17-19-21-23-25-31(35)33-29(27-30(34)28(3)4)32(36)37-26-24-22-20-18-14-12-10-8-6-2/h28-29H,5-27H2,1-4H3,(H,33,35)/t29-/m1/s1. The van der Waals surface area contributed by atoms with E-state index in [1.54, 1.807) is 0 Å². The van der Waals surface area contributed by atoms with Crippen LogP contribution in [-0.2, 0) is 19.1 Å². The number of unbranched alkanes of at least 4 members (excludes halogenated alkanes) is 18. The van der Waals surface area contributed by atoms with E-state index in [2.05, 4.69) is 19.2 Å². The quantitative estimate of drug-likeness (QED) is 0.0862. The van der Waals surface area contributed by atoms with Crippen molar-refractivity contribution in [1.29, 1.82) is 0 Å². The molecule has 0 saturated heterocycles. The fourth-order valence-electron chi connectivity index (χ4n) is 4.53. The first-order valence-electron chi connectivity index (χ1n) is 15.9. The maximum atomic E-state index is 12.6. The van der Waals surface area contributed by atoms with Gasteiger partial charge in [-0.2, -0.15) is 0 Å². The summed E-state index contributed by atoms with van der Waals surface area (Å²) >= 11 is 0. The molecule has 0 heterocycles. The number of carbonyl (C=O) groups excluding carboxylic acids is 3. The molecule has 0 aliphatic rings. The van der Waals surface area contributed by atoms with E-state index in [0.29, 0.717) is 13.0 Å². The molecule has 0 aliphatic carbocycles. The summed E-state index contributed by atoms with van der Waals surface area (Å²) in [5.41, 5.74) is 0. The van der Waals surface area contributed by atoms with Crippen LogP contribution in [0.15, 0.2) is 0 Å². The van der Waals surface area contributed by atoms with E-state index in [1.807, 2.05) is 13.8 Å². The Labute approximate surface area is 229 Å². The molecule has 0 aromatic carbocycles. The lowest BCUT2D eigenvalue weighted by Crippen LogP contribution is -2.43. The monoisotopic (exact) mass is 523 g/mol. The smallest absolute Gasteiger partial charge is 0.329 e. The molecule has 5 heteroatoms. The first-order chi connectivity index (χ1) is 17.9. The van der Waals surface area contributed by atoms with Gasteiger partial charge in [-0.1, -0.05) is 143 Å². The van der Waals surface area contributed by atoms with Gasteiger partial charge in [0.25, 0.3) is 0 Å². The van der Waals surface area contributed by atoms with Gasteiger partial charge in [-0.25, -0.2) is 4.79 Å². The number of esters is 1. The van der Waals surface area contributed by atoms with Crippen LogP contribution in [0.2, 0.25) is 0 Å². The highest BCUT2D eigenvalue weighted by atomic mass is 16.5. The number of carbonyl (C=O) groups is 3. The summed E-state index contributed by atoms with van der Waals surface area (Å²) in [4.78, 5) is 37.4. The Bertz CT molecular complexity index is 561. The minimum atomic E-state index is -0.867. The van der Waals surface area contributed by atoms with Crippen molar-refractivity contribution >= 4 is 17.7 Å². The van der Waals surface area contributed by atoms with Crippen molar-refractivity contribution in [3.63, 3.8) is 0 Å². The third kappa shape index (κ3) is 23.5. The van der Waals surface area contributed by atoms with Crippen LogP contribution < -0.4 is 5.32 Å². The Kier molecular flexibility index (Phi) is 25.2.